The highest BCUT2D eigenvalue weighted by Gasteiger charge is 2.15. The molecule has 0 aliphatic carbocycles. The number of sulfonamides is 1. The normalized spacial score (nSPS) is 11.3. The van der Waals surface area contributed by atoms with E-state index in [2.05, 4.69) is 4.72 Å². The van der Waals surface area contributed by atoms with E-state index in [0.29, 0.717) is 11.3 Å². The van der Waals surface area contributed by atoms with Crippen LogP contribution in [0, 0.1) is 10.1 Å². The highest BCUT2D eigenvalue weighted by molar-refractivity contribution is 7.91. The Morgan fingerprint density at radius 3 is 2.46 bits per heavy atom. The summed E-state index contributed by atoms with van der Waals surface area (Å²) in [7, 11) is -3.69. The minimum Gasteiger partial charge on any atom is -0.283 e. The van der Waals surface area contributed by atoms with Gasteiger partial charge in [0, 0.05) is 17.5 Å². The summed E-state index contributed by atoms with van der Waals surface area (Å²) < 4.78 is 27.4. The Balaban J connectivity index is 1.88. The van der Waals surface area contributed by atoms with Crippen LogP contribution < -0.4 is 4.72 Å². The van der Waals surface area contributed by atoms with Gasteiger partial charge >= 0.3 is 0 Å². The molecule has 0 aromatic heterocycles. The SMILES string of the molecule is O=[N+]([O-])c1cccc(CS(=O)(=O)Nc2cccc3ccccc23)c1. The topological polar surface area (TPSA) is 89.3 Å². The monoisotopic (exact) mass is 342 g/mol. The molecule has 0 bridgehead atoms. The molecule has 0 aliphatic heterocycles. The molecule has 0 heterocycles. The summed E-state index contributed by atoms with van der Waals surface area (Å²) in [5.41, 5.74) is 0.711. The number of nitro benzene ring substituents is 1. The van der Waals surface area contributed by atoms with Gasteiger partial charge in [0.1, 0.15) is 0 Å². The average Bonchev–Trinajstić information content (AvgIpc) is 2.54. The number of hydrogen-bond acceptors (Lipinski definition) is 4. The summed E-state index contributed by atoms with van der Waals surface area (Å²) in [6.07, 6.45) is 0. The molecule has 0 saturated carbocycles. The third-order valence-electron chi connectivity index (χ3n) is 3.53. The summed E-state index contributed by atoms with van der Waals surface area (Å²) in [5.74, 6) is -0.335. The molecule has 0 aliphatic rings. The molecule has 0 atom stereocenters. The van der Waals surface area contributed by atoms with E-state index >= 15 is 0 Å². The predicted octanol–water partition coefficient (Wildman–Crippen LogP) is 3.69. The highest BCUT2D eigenvalue weighted by atomic mass is 32.2. The summed E-state index contributed by atoms with van der Waals surface area (Å²) in [5, 5.41) is 12.5. The largest absolute Gasteiger partial charge is 0.283 e. The van der Waals surface area contributed by atoms with Gasteiger partial charge in [0.2, 0.25) is 10.0 Å². The second kappa shape index (κ2) is 6.29. The van der Waals surface area contributed by atoms with Crippen molar-refractivity contribution in [3.8, 4) is 0 Å². The lowest BCUT2D eigenvalue weighted by Crippen LogP contribution is -2.15. The number of fused-ring (bicyclic) bond motifs is 1. The fourth-order valence-electron chi connectivity index (χ4n) is 2.50. The summed E-state index contributed by atoms with van der Waals surface area (Å²) >= 11 is 0. The van der Waals surface area contributed by atoms with Crippen molar-refractivity contribution in [1.29, 1.82) is 0 Å². The van der Waals surface area contributed by atoms with E-state index in [9.17, 15) is 18.5 Å². The molecule has 0 amide bonds. The van der Waals surface area contributed by atoms with Gasteiger partial charge in [0.15, 0.2) is 0 Å². The van der Waals surface area contributed by atoms with Crippen molar-refractivity contribution in [3.05, 3.63) is 82.4 Å². The maximum atomic E-state index is 12.4. The fourth-order valence-corrected chi connectivity index (χ4v) is 3.70. The summed E-state index contributed by atoms with van der Waals surface area (Å²) in [6, 6.07) is 18.4. The lowest BCUT2D eigenvalue weighted by atomic mass is 10.1. The van der Waals surface area contributed by atoms with Gasteiger partial charge in [0.25, 0.3) is 5.69 Å². The molecular weight excluding hydrogens is 328 g/mol. The first-order chi connectivity index (χ1) is 11.4. The van der Waals surface area contributed by atoms with E-state index in [1.807, 2.05) is 30.3 Å². The molecule has 0 spiro atoms. The zero-order chi connectivity index (χ0) is 17.2. The van der Waals surface area contributed by atoms with E-state index in [4.69, 9.17) is 0 Å². The number of anilines is 1. The van der Waals surface area contributed by atoms with Crippen LogP contribution in [-0.4, -0.2) is 13.3 Å². The molecule has 3 rings (SSSR count). The average molecular weight is 342 g/mol. The van der Waals surface area contributed by atoms with Crippen LogP contribution in [0.5, 0.6) is 0 Å². The van der Waals surface area contributed by atoms with Gasteiger partial charge in [-0.1, -0.05) is 48.5 Å². The van der Waals surface area contributed by atoms with Crippen LogP contribution in [0.3, 0.4) is 0 Å². The summed E-state index contributed by atoms with van der Waals surface area (Å²) in [4.78, 5) is 10.2. The molecule has 3 aromatic rings. The van der Waals surface area contributed by atoms with Crippen LogP contribution in [0.25, 0.3) is 10.8 Å². The minimum absolute atomic E-state index is 0.132. The smallest absolute Gasteiger partial charge is 0.269 e. The van der Waals surface area contributed by atoms with Crippen LogP contribution in [0.15, 0.2) is 66.7 Å². The maximum absolute atomic E-state index is 12.4. The molecule has 1 N–H and O–H groups in total. The number of rotatable bonds is 5. The molecule has 7 heteroatoms. The molecular formula is C17H14N2O4S. The summed E-state index contributed by atoms with van der Waals surface area (Å²) in [6.45, 7) is 0. The van der Waals surface area contributed by atoms with E-state index in [0.717, 1.165) is 10.8 Å². The number of nitro groups is 1. The van der Waals surface area contributed by atoms with Gasteiger partial charge in [-0.2, -0.15) is 0 Å². The molecule has 0 fully saturated rings. The first-order valence-corrected chi connectivity index (χ1v) is 8.81. The van der Waals surface area contributed by atoms with E-state index in [1.165, 1.54) is 18.2 Å². The van der Waals surface area contributed by atoms with Gasteiger partial charge in [-0.05, 0) is 17.0 Å². The Morgan fingerprint density at radius 2 is 1.67 bits per heavy atom. The number of nitrogens with zero attached hydrogens (tertiary/aromatic N) is 1. The van der Waals surface area contributed by atoms with Crippen LogP contribution in [0.2, 0.25) is 0 Å². The predicted molar refractivity (Wildman–Crippen MR) is 93.3 cm³/mol. The van der Waals surface area contributed by atoms with Gasteiger partial charge < -0.3 is 0 Å². The third-order valence-corrected chi connectivity index (χ3v) is 4.78. The van der Waals surface area contributed by atoms with E-state index < -0.39 is 14.9 Å². The molecule has 0 unspecified atom stereocenters. The lowest BCUT2D eigenvalue weighted by Gasteiger charge is -2.10. The molecule has 24 heavy (non-hydrogen) atoms. The first kappa shape index (κ1) is 15.9. The van der Waals surface area contributed by atoms with Crippen LogP contribution in [0.4, 0.5) is 11.4 Å². The second-order valence-electron chi connectivity index (χ2n) is 5.31. The Bertz CT molecular complexity index is 1010. The van der Waals surface area contributed by atoms with E-state index in [-0.39, 0.29) is 11.4 Å². The van der Waals surface area contributed by atoms with Gasteiger partial charge in [-0.3, -0.25) is 14.8 Å². The van der Waals surface area contributed by atoms with E-state index in [1.54, 1.807) is 18.2 Å². The number of nitrogens with one attached hydrogen (secondary N) is 1. The Hall–Kier alpha value is -2.93. The van der Waals surface area contributed by atoms with Gasteiger partial charge in [-0.25, -0.2) is 8.42 Å². The van der Waals surface area contributed by atoms with Crippen LogP contribution in [-0.2, 0) is 15.8 Å². The zero-order valence-corrected chi connectivity index (χ0v) is 13.4. The van der Waals surface area contributed by atoms with Crippen molar-refractivity contribution < 1.29 is 13.3 Å². The minimum atomic E-state index is -3.69. The first-order valence-electron chi connectivity index (χ1n) is 7.16. The van der Waals surface area contributed by atoms with Gasteiger partial charge in [0.05, 0.1) is 16.4 Å². The molecule has 0 saturated heterocycles. The van der Waals surface area contributed by atoms with Crippen molar-refractivity contribution in [3.63, 3.8) is 0 Å². The second-order valence-corrected chi connectivity index (χ2v) is 7.04. The number of benzene rings is 3. The van der Waals surface area contributed by atoms with Crippen molar-refractivity contribution in [2.45, 2.75) is 5.75 Å². The molecule has 0 radical (unpaired) electrons. The van der Waals surface area contributed by atoms with Crippen LogP contribution >= 0.6 is 0 Å². The zero-order valence-electron chi connectivity index (χ0n) is 12.5. The molecule has 3 aromatic carbocycles. The number of non-ortho nitro benzene ring substituents is 1. The lowest BCUT2D eigenvalue weighted by molar-refractivity contribution is -0.384. The van der Waals surface area contributed by atoms with Crippen LogP contribution in [0.1, 0.15) is 5.56 Å². The van der Waals surface area contributed by atoms with Crippen molar-refractivity contribution in [2.24, 2.45) is 0 Å². The Morgan fingerprint density at radius 1 is 0.958 bits per heavy atom. The maximum Gasteiger partial charge on any atom is 0.269 e. The number of hydrogen-bond donors (Lipinski definition) is 1. The van der Waals surface area contributed by atoms with Crippen molar-refractivity contribution >= 4 is 32.2 Å². The third kappa shape index (κ3) is 3.52. The highest BCUT2D eigenvalue weighted by Crippen LogP contribution is 2.25. The standard InChI is InChI=1S/C17H14N2O4S/c20-19(21)15-8-3-5-13(11-15)12-24(22,23)18-17-10-4-7-14-6-1-2-9-16(14)17/h1-11,18H,12H2. The van der Waals surface area contributed by atoms with Crippen molar-refractivity contribution in [1.82, 2.24) is 0 Å². The fraction of sp³-hybridized carbons (Fsp3) is 0.0588. The quantitative estimate of drug-likeness (QED) is 0.565. The Kier molecular flexibility index (Phi) is 4.18. The Labute approximate surface area is 138 Å². The molecule has 122 valence electrons. The molecule has 6 nitrogen and oxygen atoms in total. The van der Waals surface area contributed by atoms with Gasteiger partial charge in [-0.15, -0.1) is 0 Å². The van der Waals surface area contributed by atoms with Crippen molar-refractivity contribution in [2.75, 3.05) is 4.72 Å².